The van der Waals surface area contributed by atoms with Crippen LogP contribution in [-0.2, 0) is 41.8 Å². The summed E-state index contributed by atoms with van der Waals surface area (Å²) < 4.78 is 35.2. The van der Waals surface area contributed by atoms with E-state index >= 15 is 0 Å². The van der Waals surface area contributed by atoms with Crippen molar-refractivity contribution in [2.75, 3.05) is 26.4 Å². The molecule has 0 aliphatic heterocycles. The van der Waals surface area contributed by atoms with Crippen LogP contribution < -0.4 is 9.47 Å². The van der Waals surface area contributed by atoms with Crippen molar-refractivity contribution in [3.05, 3.63) is 133 Å². The molecule has 0 N–H and O–H groups in total. The molecule has 0 aromatic heterocycles. The largest absolute Gasteiger partial charge is 0.494 e. The summed E-state index contributed by atoms with van der Waals surface area (Å²) in [6, 6.07) is 34.4. The average molecular weight is 957 g/mol. The molecular formula is C62H84O8. The van der Waals surface area contributed by atoms with Gasteiger partial charge in [0.2, 0.25) is 0 Å². The molecule has 8 heteroatoms. The van der Waals surface area contributed by atoms with Crippen molar-refractivity contribution in [2.24, 2.45) is 0 Å². The molecular weight excluding hydrogens is 873 g/mol. The number of hydrogen-bond donors (Lipinski definition) is 0. The Kier molecular flexibility index (Phi) is 27.9. The monoisotopic (exact) mass is 957 g/mol. The summed E-state index contributed by atoms with van der Waals surface area (Å²) in [5, 5.41) is 0. The van der Waals surface area contributed by atoms with E-state index in [1.54, 1.807) is 0 Å². The van der Waals surface area contributed by atoms with Crippen LogP contribution >= 0.6 is 0 Å². The van der Waals surface area contributed by atoms with Crippen LogP contribution in [-0.4, -0.2) is 50.6 Å². The highest BCUT2D eigenvalue weighted by molar-refractivity contribution is 5.81. The van der Waals surface area contributed by atoms with Crippen molar-refractivity contribution >= 4 is 11.9 Å². The topological polar surface area (TPSA) is 89.5 Å². The lowest BCUT2D eigenvalue weighted by molar-refractivity contribution is -0.138. The predicted octanol–water partition coefficient (Wildman–Crippen LogP) is 16.1. The van der Waals surface area contributed by atoms with Crippen LogP contribution in [0.3, 0.4) is 0 Å². The van der Waals surface area contributed by atoms with E-state index in [0.717, 1.165) is 76.1 Å². The zero-order valence-corrected chi connectivity index (χ0v) is 42.4. The predicted molar refractivity (Wildman–Crippen MR) is 285 cm³/mol. The van der Waals surface area contributed by atoms with Gasteiger partial charge in [0.15, 0.2) is 0 Å². The fraction of sp³-hybridized carbons (Fsp3) is 0.516. The summed E-state index contributed by atoms with van der Waals surface area (Å²) in [5.41, 5.74) is 7.08. The fourth-order valence-corrected chi connectivity index (χ4v) is 9.00. The maximum absolute atomic E-state index is 11.1. The maximum Gasteiger partial charge on any atom is 0.330 e. The molecule has 4 aromatic carbocycles. The molecule has 4 aromatic rings. The number of unbranched alkanes of at least 4 members (excludes halogenated alkanes) is 18. The summed E-state index contributed by atoms with van der Waals surface area (Å²) in [7, 11) is 0. The summed E-state index contributed by atoms with van der Waals surface area (Å²) >= 11 is 0. The fourth-order valence-electron chi connectivity index (χ4n) is 9.00. The van der Waals surface area contributed by atoms with Gasteiger partial charge in [-0.05, 0) is 96.2 Å². The average Bonchev–Trinajstić information content (AvgIpc) is 3.40. The Morgan fingerprint density at radius 2 is 0.657 bits per heavy atom. The van der Waals surface area contributed by atoms with Gasteiger partial charge >= 0.3 is 11.9 Å². The van der Waals surface area contributed by atoms with E-state index in [-0.39, 0.29) is 24.1 Å². The molecule has 1 aliphatic carbocycles. The first kappa shape index (κ1) is 55.7. The van der Waals surface area contributed by atoms with E-state index in [1.165, 1.54) is 148 Å². The van der Waals surface area contributed by atoms with Crippen LogP contribution in [0.2, 0.25) is 0 Å². The van der Waals surface area contributed by atoms with Crippen molar-refractivity contribution in [1.29, 1.82) is 0 Å². The number of carbonyl (C=O) groups is 2. The minimum Gasteiger partial charge on any atom is -0.494 e. The summed E-state index contributed by atoms with van der Waals surface area (Å²) in [4.78, 5) is 22.1. The second-order valence-corrected chi connectivity index (χ2v) is 18.9. The van der Waals surface area contributed by atoms with Crippen LogP contribution in [0.15, 0.2) is 122 Å². The van der Waals surface area contributed by atoms with Crippen LogP contribution in [0, 0.1) is 0 Å². The summed E-state index contributed by atoms with van der Waals surface area (Å²) in [5.74, 6) is 1.20. The first-order chi connectivity index (χ1) is 34.5. The Morgan fingerprint density at radius 3 is 0.957 bits per heavy atom. The highest BCUT2D eigenvalue weighted by atomic mass is 16.5. The number of hydrogen-bond acceptors (Lipinski definition) is 8. The van der Waals surface area contributed by atoms with Crippen molar-refractivity contribution in [3.63, 3.8) is 0 Å². The highest BCUT2D eigenvalue weighted by Gasteiger charge is 2.26. The quantitative estimate of drug-likeness (QED) is 0.0249. The second kappa shape index (κ2) is 35.0. The third-order valence-corrected chi connectivity index (χ3v) is 13.3. The number of benzene rings is 4. The number of rotatable bonds is 38. The van der Waals surface area contributed by atoms with Crippen LogP contribution in [0.25, 0.3) is 22.3 Å². The standard InChI is InChI=1S/C62H84O8/c1-3-61(63)67-47-25-19-15-11-7-5-9-13-17-23-45-65-57-41-37-55(38-42-57)53-33-29-51(30-34-53)49-69-59-27-21-22-28-60(59)70-50-52-31-35-54(36-32-52)56-39-43-58(44-40-56)66-46-24-18-14-10-6-8-12-16-20-26-48-68-62(64)4-2/h3-4,29-44,59-60H,1-2,5-28,45-50H2/t59-,60-/m1/s1. The Labute approximate surface area is 421 Å². The van der Waals surface area contributed by atoms with Gasteiger partial charge in [-0.1, -0.05) is 202 Å². The third-order valence-electron chi connectivity index (χ3n) is 13.3. The first-order valence-electron chi connectivity index (χ1n) is 27.0. The van der Waals surface area contributed by atoms with Crippen LogP contribution in [0.1, 0.15) is 165 Å². The molecule has 8 nitrogen and oxygen atoms in total. The smallest absolute Gasteiger partial charge is 0.330 e. The zero-order valence-electron chi connectivity index (χ0n) is 42.4. The first-order valence-corrected chi connectivity index (χ1v) is 27.0. The minimum absolute atomic E-state index is 0.0948. The Balaban J connectivity index is 0.889. The highest BCUT2D eigenvalue weighted by Crippen LogP contribution is 2.29. The number of carbonyl (C=O) groups excluding carboxylic acids is 2. The van der Waals surface area contributed by atoms with E-state index in [0.29, 0.717) is 26.4 Å². The lowest BCUT2D eigenvalue weighted by atomic mass is 9.94. The normalized spacial score (nSPS) is 14.5. The number of ether oxygens (including phenoxy) is 6. The Morgan fingerprint density at radius 1 is 0.386 bits per heavy atom. The Bertz CT molecular complexity index is 1860. The molecule has 380 valence electrons. The van der Waals surface area contributed by atoms with Crippen LogP contribution in [0.4, 0.5) is 0 Å². The van der Waals surface area contributed by atoms with E-state index < -0.39 is 0 Å². The molecule has 1 aliphatic rings. The van der Waals surface area contributed by atoms with Gasteiger partial charge in [-0.2, -0.15) is 0 Å². The SMILES string of the molecule is C=CC(=O)OCCCCCCCCCCCCOc1ccc(-c2ccc(CO[C@@H]3CCCC[C@H]3OCc3ccc(-c4ccc(OCCCCCCCCCCCCOC(=O)C=C)cc4)cc3)cc2)cc1. The van der Waals surface area contributed by atoms with Crippen molar-refractivity contribution in [1.82, 2.24) is 0 Å². The second-order valence-electron chi connectivity index (χ2n) is 18.9. The van der Waals surface area contributed by atoms with E-state index in [1.807, 2.05) is 0 Å². The van der Waals surface area contributed by atoms with Gasteiger partial charge in [0.05, 0.1) is 51.8 Å². The minimum atomic E-state index is -0.326. The third kappa shape index (κ3) is 23.2. The Hall–Kier alpha value is -5.18. The lowest BCUT2D eigenvalue weighted by Gasteiger charge is -2.31. The van der Waals surface area contributed by atoms with Gasteiger partial charge in [-0.15, -0.1) is 0 Å². The molecule has 0 spiro atoms. The van der Waals surface area contributed by atoms with Gasteiger partial charge in [-0.3, -0.25) is 0 Å². The van der Waals surface area contributed by atoms with Gasteiger partial charge in [0.25, 0.3) is 0 Å². The summed E-state index contributed by atoms with van der Waals surface area (Å²) in [6.45, 7) is 10.5. The molecule has 2 atom stereocenters. The molecule has 70 heavy (non-hydrogen) atoms. The van der Waals surface area contributed by atoms with Crippen molar-refractivity contribution in [2.45, 2.75) is 180 Å². The van der Waals surface area contributed by atoms with Crippen LogP contribution in [0.5, 0.6) is 11.5 Å². The van der Waals surface area contributed by atoms with Crippen molar-refractivity contribution in [3.8, 4) is 33.8 Å². The number of esters is 2. The van der Waals surface area contributed by atoms with Gasteiger partial charge in [0, 0.05) is 12.2 Å². The summed E-state index contributed by atoms with van der Waals surface area (Å²) in [6.07, 6.45) is 30.8. The molecule has 5 rings (SSSR count). The van der Waals surface area contributed by atoms with E-state index in [9.17, 15) is 9.59 Å². The van der Waals surface area contributed by atoms with E-state index in [4.69, 9.17) is 28.4 Å². The maximum atomic E-state index is 11.1. The van der Waals surface area contributed by atoms with Gasteiger partial charge in [-0.25, -0.2) is 9.59 Å². The molecule has 0 radical (unpaired) electrons. The zero-order chi connectivity index (χ0) is 49.1. The molecule has 0 heterocycles. The van der Waals surface area contributed by atoms with Gasteiger partial charge in [0.1, 0.15) is 11.5 Å². The molecule has 0 unspecified atom stereocenters. The molecule has 0 amide bonds. The van der Waals surface area contributed by atoms with Gasteiger partial charge < -0.3 is 28.4 Å². The van der Waals surface area contributed by atoms with E-state index in [2.05, 4.69) is 110 Å². The molecule has 0 bridgehead atoms. The van der Waals surface area contributed by atoms with Crippen molar-refractivity contribution < 1.29 is 38.0 Å². The molecule has 0 saturated heterocycles. The lowest BCUT2D eigenvalue weighted by Crippen LogP contribution is -2.34. The molecule has 1 fully saturated rings. The molecule has 1 saturated carbocycles.